The molecule has 0 unspecified atom stereocenters. The lowest BCUT2D eigenvalue weighted by atomic mass is 9.63. The molecule has 0 bridgehead atoms. The van der Waals surface area contributed by atoms with Gasteiger partial charge in [-0.3, -0.25) is 0 Å². The van der Waals surface area contributed by atoms with E-state index in [9.17, 15) is 5.11 Å². The molecule has 1 N–H and O–H groups in total. The van der Waals surface area contributed by atoms with Crippen LogP contribution in [0.5, 0.6) is 0 Å². The Bertz CT molecular complexity index is 435. The van der Waals surface area contributed by atoms with E-state index in [0.717, 1.165) is 6.42 Å². The predicted octanol–water partition coefficient (Wildman–Crippen LogP) is 5.14. The molecule has 1 saturated carbocycles. The first-order chi connectivity index (χ1) is 10.0. The van der Waals surface area contributed by atoms with Crippen molar-refractivity contribution in [2.45, 2.75) is 84.5 Å². The maximum Gasteiger partial charge on any atom is 0.192 e. The van der Waals surface area contributed by atoms with Gasteiger partial charge in [0.05, 0.1) is 0 Å². The topological polar surface area (TPSA) is 29.5 Å². The fraction of sp³-hybridized carbons (Fsp3) is 0.895. The summed E-state index contributed by atoms with van der Waals surface area (Å²) in [5, 5.41) is 9.87. The minimum absolute atomic E-state index is 0.243. The summed E-state index contributed by atoms with van der Waals surface area (Å²) in [7, 11) is -1.72. The normalized spacial score (nSPS) is 34.3. The van der Waals surface area contributed by atoms with Crippen molar-refractivity contribution in [3.63, 3.8) is 0 Å². The van der Waals surface area contributed by atoms with Crippen LogP contribution in [0.3, 0.4) is 0 Å². The lowest BCUT2D eigenvalue weighted by molar-refractivity contribution is 0.0146. The zero-order valence-corrected chi connectivity index (χ0v) is 16.7. The Morgan fingerprint density at radius 2 is 2.05 bits per heavy atom. The zero-order chi connectivity index (χ0) is 16.8. The van der Waals surface area contributed by atoms with Crippen LogP contribution < -0.4 is 0 Å². The lowest BCUT2D eigenvalue weighted by Gasteiger charge is -2.49. The van der Waals surface area contributed by atoms with Crippen molar-refractivity contribution < 1.29 is 9.53 Å². The summed E-state index contributed by atoms with van der Waals surface area (Å²) in [5.41, 5.74) is 1.73. The summed E-state index contributed by atoms with van der Waals surface area (Å²) in [5.74, 6) is 0.904. The molecule has 0 aromatic carbocycles. The first-order valence-electron chi connectivity index (χ1n) is 9.02. The molecule has 2 nitrogen and oxygen atoms in total. The maximum atomic E-state index is 9.59. The van der Waals surface area contributed by atoms with Gasteiger partial charge in [-0.25, -0.2) is 0 Å². The summed E-state index contributed by atoms with van der Waals surface area (Å²) in [6.45, 7) is 16.6. The van der Waals surface area contributed by atoms with Gasteiger partial charge in [0, 0.05) is 18.6 Å². The molecule has 0 radical (unpaired) electrons. The van der Waals surface area contributed by atoms with Gasteiger partial charge in [-0.05, 0) is 48.7 Å². The number of hydrogen-bond donors (Lipinski definition) is 1. The highest BCUT2D eigenvalue weighted by Crippen LogP contribution is 2.56. The fourth-order valence-electron chi connectivity index (χ4n) is 4.28. The first-order valence-corrected chi connectivity index (χ1v) is 11.9. The van der Waals surface area contributed by atoms with Gasteiger partial charge < -0.3 is 9.53 Å². The van der Waals surface area contributed by atoms with Crippen LogP contribution >= 0.6 is 0 Å². The van der Waals surface area contributed by atoms with E-state index in [0.29, 0.717) is 17.9 Å². The van der Waals surface area contributed by atoms with Crippen LogP contribution in [0, 0.1) is 17.3 Å². The van der Waals surface area contributed by atoms with E-state index in [1.54, 1.807) is 0 Å². The molecule has 0 saturated heterocycles. The Kier molecular flexibility index (Phi) is 5.02. The third-order valence-electron chi connectivity index (χ3n) is 6.76. The number of fused-ring (bicyclic) bond motifs is 1. The highest BCUT2D eigenvalue weighted by Gasteiger charge is 2.51. The number of aliphatic hydroxyl groups excluding tert-OH is 1. The van der Waals surface area contributed by atoms with E-state index in [1.807, 2.05) is 0 Å². The average Bonchev–Trinajstić information content (AvgIpc) is 2.74. The molecule has 128 valence electrons. The molecular formula is C19H36O2Si. The average molecular weight is 325 g/mol. The van der Waals surface area contributed by atoms with E-state index >= 15 is 0 Å². The van der Waals surface area contributed by atoms with Gasteiger partial charge in [0.25, 0.3) is 0 Å². The number of aliphatic hydroxyl groups is 1. The van der Waals surface area contributed by atoms with E-state index in [1.165, 1.54) is 24.8 Å². The predicted molar refractivity (Wildman–Crippen MR) is 96.5 cm³/mol. The SMILES string of the molecule is C[C@H](CO)C1=CC[C@H]2[C@@H](O[Si](C)(C)C(C)(C)C)CCC[C@]12C. The molecule has 1 fully saturated rings. The molecule has 0 aromatic rings. The summed E-state index contributed by atoms with van der Waals surface area (Å²) in [4.78, 5) is 0. The van der Waals surface area contributed by atoms with Crippen molar-refractivity contribution in [3.8, 4) is 0 Å². The third-order valence-corrected chi connectivity index (χ3v) is 11.3. The van der Waals surface area contributed by atoms with Gasteiger partial charge in [0.1, 0.15) is 0 Å². The summed E-state index contributed by atoms with van der Waals surface area (Å²) >= 11 is 0. The van der Waals surface area contributed by atoms with Crippen LogP contribution in [-0.4, -0.2) is 26.1 Å². The molecule has 0 amide bonds. The Morgan fingerprint density at radius 3 is 2.59 bits per heavy atom. The van der Waals surface area contributed by atoms with Crippen LogP contribution in [0.1, 0.15) is 60.3 Å². The van der Waals surface area contributed by atoms with E-state index in [-0.39, 0.29) is 17.1 Å². The van der Waals surface area contributed by atoms with Crippen molar-refractivity contribution in [2.75, 3.05) is 6.61 Å². The Morgan fingerprint density at radius 1 is 1.41 bits per heavy atom. The second-order valence-electron chi connectivity index (χ2n) is 9.31. The summed E-state index contributed by atoms with van der Waals surface area (Å²) < 4.78 is 6.83. The molecule has 2 rings (SSSR count). The largest absolute Gasteiger partial charge is 0.414 e. The summed E-state index contributed by atoms with van der Waals surface area (Å²) in [6, 6.07) is 0. The van der Waals surface area contributed by atoms with Crippen molar-refractivity contribution in [1.29, 1.82) is 0 Å². The van der Waals surface area contributed by atoms with Crippen molar-refractivity contribution in [2.24, 2.45) is 17.3 Å². The molecule has 3 heteroatoms. The highest BCUT2D eigenvalue weighted by molar-refractivity contribution is 6.74. The number of hydrogen-bond acceptors (Lipinski definition) is 2. The zero-order valence-electron chi connectivity index (χ0n) is 15.7. The van der Waals surface area contributed by atoms with Crippen molar-refractivity contribution in [1.82, 2.24) is 0 Å². The molecule has 0 aliphatic heterocycles. The quantitative estimate of drug-likeness (QED) is 0.573. The minimum Gasteiger partial charge on any atom is -0.414 e. The van der Waals surface area contributed by atoms with Crippen molar-refractivity contribution >= 4 is 8.32 Å². The molecule has 0 heterocycles. The highest BCUT2D eigenvalue weighted by atomic mass is 28.4. The smallest absolute Gasteiger partial charge is 0.192 e. The second-order valence-corrected chi connectivity index (χ2v) is 14.1. The molecule has 0 spiro atoms. The standard InChI is InChI=1S/C19H36O2Si/c1-14(13-20)15-10-11-16-17(9-8-12-19(15,16)5)21-22(6,7)18(2,3)4/h10,14,16-17,20H,8-9,11-13H2,1-7H3/t14-,16+,17+,19-/m1/s1. The summed E-state index contributed by atoms with van der Waals surface area (Å²) in [6.07, 6.45) is 7.67. The molecule has 4 atom stereocenters. The molecular weight excluding hydrogens is 288 g/mol. The Hall–Kier alpha value is -0.123. The van der Waals surface area contributed by atoms with Crippen LogP contribution in [0.2, 0.25) is 18.1 Å². The van der Waals surface area contributed by atoms with E-state index < -0.39 is 8.32 Å². The monoisotopic (exact) mass is 324 g/mol. The van der Waals surface area contributed by atoms with Crippen LogP contribution in [0.15, 0.2) is 11.6 Å². The van der Waals surface area contributed by atoms with Crippen LogP contribution in [0.4, 0.5) is 0 Å². The fourth-order valence-corrected chi connectivity index (χ4v) is 5.68. The van der Waals surface area contributed by atoms with Gasteiger partial charge in [-0.1, -0.05) is 52.7 Å². The third kappa shape index (κ3) is 3.09. The number of allylic oxidation sites excluding steroid dienone is 1. The minimum atomic E-state index is -1.72. The van der Waals surface area contributed by atoms with Gasteiger partial charge in [-0.15, -0.1) is 0 Å². The Labute approximate surface area is 138 Å². The van der Waals surface area contributed by atoms with E-state index in [2.05, 4.69) is 53.8 Å². The maximum absolute atomic E-state index is 9.59. The van der Waals surface area contributed by atoms with E-state index in [4.69, 9.17) is 4.43 Å². The second kappa shape index (κ2) is 6.07. The molecule has 0 aromatic heterocycles. The van der Waals surface area contributed by atoms with Gasteiger partial charge >= 0.3 is 0 Å². The van der Waals surface area contributed by atoms with Crippen LogP contribution in [0.25, 0.3) is 0 Å². The van der Waals surface area contributed by atoms with Crippen molar-refractivity contribution in [3.05, 3.63) is 11.6 Å². The van der Waals surface area contributed by atoms with Gasteiger partial charge in [0.2, 0.25) is 0 Å². The first kappa shape index (κ1) is 18.2. The lowest BCUT2D eigenvalue weighted by Crippen LogP contribution is -2.49. The van der Waals surface area contributed by atoms with Crippen LogP contribution in [-0.2, 0) is 4.43 Å². The van der Waals surface area contributed by atoms with Gasteiger partial charge in [0.15, 0.2) is 8.32 Å². The number of rotatable bonds is 4. The Balaban J connectivity index is 2.18. The molecule has 2 aliphatic carbocycles. The molecule has 22 heavy (non-hydrogen) atoms. The molecule has 2 aliphatic rings. The van der Waals surface area contributed by atoms with Gasteiger partial charge in [-0.2, -0.15) is 0 Å².